The molecule has 0 aliphatic carbocycles. The van der Waals surface area contributed by atoms with E-state index in [1.165, 1.54) is 0 Å². The maximum atomic E-state index is 5.89. The number of nitrogens with two attached hydrogens (primary N) is 1. The molecule has 4 nitrogen and oxygen atoms in total. The average Bonchev–Trinajstić information content (AvgIpc) is 2.65. The Balaban J connectivity index is 0.00000100. The van der Waals surface area contributed by atoms with Crippen molar-refractivity contribution in [2.24, 2.45) is 0 Å². The summed E-state index contributed by atoms with van der Waals surface area (Å²) in [5, 5.41) is 0. The van der Waals surface area contributed by atoms with Crippen molar-refractivity contribution in [2.45, 2.75) is 0 Å². The molecule has 3 rings (SSSR count). The van der Waals surface area contributed by atoms with Gasteiger partial charge >= 0.3 is 33.1 Å². The zero-order chi connectivity index (χ0) is 17.4. The molecular formula is C18H16CuIN2O2. The first-order valence-electron chi connectivity index (χ1n) is 7.00. The summed E-state index contributed by atoms with van der Waals surface area (Å²) in [7, 11) is 1.63. The van der Waals surface area contributed by atoms with E-state index in [1.54, 1.807) is 33.7 Å². The Morgan fingerprint density at radius 1 is 0.917 bits per heavy atom. The van der Waals surface area contributed by atoms with E-state index in [0.717, 1.165) is 28.4 Å². The summed E-state index contributed by atoms with van der Waals surface area (Å²) in [6.07, 6.45) is 1.68. The fourth-order valence-electron chi connectivity index (χ4n) is 2.16. The predicted molar refractivity (Wildman–Crippen MR) is 101 cm³/mol. The van der Waals surface area contributed by atoms with Gasteiger partial charge in [-0.3, -0.25) is 0 Å². The monoisotopic (exact) mass is 482 g/mol. The van der Waals surface area contributed by atoms with Gasteiger partial charge in [-0.15, -0.1) is 0 Å². The quantitative estimate of drug-likeness (QED) is 0.419. The summed E-state index contributed by atoms with van der Waals surface area (Å²) >= 11 is 5.87. The molecule has 0 bridgehead atoms. The van der Waals surface area contributed by atoms with E-state index in [1.807, 2.05) is 60.7 Å². The third-order valence-corrected chi connectivity index (χ3v) is 3.28. The van der Waals surface area contributed by atoms with E-state index in [0.29, 0.717) is 5.82 Å². The van der Waals surface area contributed by atoms with Crippen LogP contribution in [0.4, 0.5) is 5.82 Å². The normalized spacial score (nSPS) is 9.67. The minimum atomic E-state index is 0.518. The van der Waals surface area contributed by atoms with Gasteiger partial charge in [0.15, 0.2) is 0 Å². The van der Waals surface area contributed by atoms with Crippen LogP contribution in [0.25, 0.3) is 11.1 Å². The van der Waals surface area contributed by atoms with Crippen molar-refractivity contribution in [3.63, 3.8) is 0 Å². The summed E-state index contributed by atoms with van der Waals surface area (Å²) in [5.74, 6) is 2.76. The van der Waals surface area contributed by atoms with Crippen LogP contribution < -0.4 is 15.2 Å². The van der Waals surface area contributed by atoms with Crippen LogP contribution >= 0.6 is 20.3 Å². The van der Waals surface area contributed by atoms with Crippen molar-refractivity contribution >= 4 is 26.2 Å². The van der Waals surface area contributed by atoms with E-state index in [-0.39, 0.29) is 0 Å². The summed E-state index contributed by atoms with van der Waals surface area (Å²) in [6, 6.07) is 19.0. The molecule has 0 radical (unpaired) electrons. The molecule has 1 heterocycles. The van der Waals surface area contributed by atoms with E-state index in [9.17, 15) is 0 Å². The number of pyridine rings is 1. The van der Waals surface area contributed by atoms with Gasteiger partial charge in [-0.2, -0.15) is 0 Å². The van der Waals surface area contributed by atoms with Crippen molar-refractivity contribution in [1.29, 1.82) is 0 Å². The van der Waals surface area contributed by atoms with E-state index >= 15 is 0 Å². The molecule has 0 unspecified atom stereocenters. The number of methoxy groups -OCH3 is 1. The Labute approximate surface area is 160 Å². The molecule has 2 N–H and O–H groups in total. The molecule has 0 aliphatic heterocycles. The molecule has 24 heavy (non-hydrogen) atoms. The molecule has 1 aromatic heterocycles. The Morgan fingerprint density at radius 2 is 1.62 bits per heavy atom. The first-order valence-corrected chi connectivity index (χ1v) is 10.0. The van der Waals surface area contributed by atoms with Crippen molar-refractivity contribution in [1.82, 2.24) is 4.98 Å². The second-order valence-corrected chi connectivity index (χ2v) is 4.74. The molecule has 0 spiro atoms. The van der Waals surface area contributed by atoms with Crippen molar-refractivity contribution in [3.05, 3.63) is 66.9 Å². The Kier molecular flexibility index (Phi) is 7.36. The number of ether oxygens (including phenoxy) is 2. The first-order chi connectivity index (χ1) is 11.8. The third-order valence-electron chi connectivity index (χ3n) is 3.28. The molecule has 0 amide bonds. The van der Waals surface area contributed by atoms with Gasteiger partial charge in [-0.05, 0) is 42.0 Å². The van der Waals surface area contributed by atoms with Crippen LogP contribution in [-0.4, -0.2) is 12.1 Å². The number of anilines is 1. The fourth-order valence-corrected chi connectivity index (χ4v) is 2.16. The number of hydrogen-bond donors (Lipinski definition) is 1. The summed E-state index contributed by atoms with van der Waals surface area (Å²) < 4.78 is 11.0. The number of rotatable bonds is 4. The number of nitrogens with zero attached hydrogens (tertiary/aromatic N) is 1. The molecule has 0 aliphatic rings. The summed E-state index contributed by atoms with van der Waals surface area (Å²) in [5.41, 5.74) is 7.81. The van der Waals surface area contributed by atoms with Crippen LogP contribution in [0.3, 0.4) is 0 Å². The molecule has 0 saturated heterocycles. The second-order valence-electron chi connectivity index (χ2n) is 4.74. The van der Waals surface area contributed by atoms with Gasteiger partial charge in [0.2, 0.25) is 0 Å². The van der Waals surface area contributed by atoms with Crippen LogP contribution in [0.2, 0.25) is 0 Å². The van der Waals surface area contributed by atoms with E-state index < -0.39 is 0 Å². The van der Waals surface area contributed by atoms with Crippen LogP contribution in [-0.2, 0) is 12.8 Å². The van der Waals surface area contributed by atoms with Crippen LogP contribution in [0, 0.1) is 0 Å². The first kappa shape index (κ1) is 18.6. The van der Waals surface area contributed by atoms with Crippen LogP contribution in [0.15, 0.2) is 66.9 Å². The Bertz CT molecular complexity index is 782. The van der Waals surface area contributed by atoms with Crippen LogP contribution in [0.1, 0.15) is 0 Å². The topological polar surface area (TPSA) is 57.4 Å². The Morgan fingerprint density at radius 3 is 2.29 bits per heavy atom. The second kappa shape index (κ2) is 9.51. The molecule has 0 fully saturated rings. The van der Waals surface area contributed by atoms with Gasteiger partial charge in [0.05, 0.1) is 7.11 Å². The average molecular weight is 483 g/mol. The summed E-state index contributed by atoms with van der Waals surface area (Å²) in [4.78, 5) is 4.10. The van der Waals surface area contributed by atoms with Crippen molar-refractivity contribution in [2.75, 3.05) is 12.8 Å². The predicted octanol–water partition coefficient (Wildman–Crippen LogP) is 5.01. The molecule has 6 heteroatoms. The molecule has 0 atom stereocenters. The van der Waals surface area contributed by atoms with E-state index in [2.05, 4.69) is 17.7 Å². The standard InChI is InChI=1S/C18H16N2O2.Cu.HI/c1-21-15-4-2-5-16(12-15)22-14-9-7-13(8-10-14)17-6-3-11-20-18(17)19;;/h2-12H,1H3,(H2,19,20);;1H/q;+1;/p-1. The maximum absolute atomic E-state index is 5.89. The zero-order valence-electron chi connectivity index (χ0n) is 12.9. The van der Waals surface area contributed by atoms with Crippen LogP contribution in [0.5, 0.6) is 17.2 Å². The van der Waals surface area contributed by atoms with Gasteiger partial charge in [0.25, 0.3) is 0 Å². The van der Waals surface area contributed by atoms with Gasteiger partial charge in [-0.25, -0.2) is 4.98 Å². The fraction of sp³-hybridized carbons (Fsp3) is 0.0556. The summed E-state index contributed by atoms with van der Waals surface area (Å²) in [6.45, 7) is 0. The number of nitrogen functional groups attached to an aromatic ring is 1. The number of hydrogen-bond acceptors (Lipinski definition) is 4. The number of benzene rings is 2. The third kappa shape index (κ3) is 4.87. The molecule has 128 valence electrons. The van der Waals surface area contributed by atoms with E-state index in [4.69, 9.17) is 15.2 Å². The van der Waals surface area contributed by atoms with Crippen molar-refractivity contribution in [3.8, 4) is 28.4 Å². The van der Waals surface area contributed by atoms with Gasteiger partial charge in [0.1, 0.15) is 23.1 Å². The number of halogens is 1. The van der Waals surface area contributed by atoms with Gasteiger partial charge in [-0.1, -0.05) is 18.2 Å². The van der Waals surface area contributed by atoms with Crippen molar-refractivity contribution < 1.29 is 22.2 Å². The SMILES string of the molecule is COc1cccc(Oc2ccc(-c3cccnc3N)cc2)c1.[Cu][I]. The molecule has 0 saturated carbocycles. The molecular weight excluding hydrogens is 467 g/mol. The Hall–Kier alpha value is -1.76. The van der Waals surface area contributed by atoms with Gasteiger partial charge in [0, 0.05) is 17.8 Å². The zero-order valence-corrected chi connectivity index (χ0v) is 16.0. The van der Waals surface area contributed by atoms with Gasteiger partial charge < -0.3 is 15.2 Å². The molecule has 3 aromatic rings. The minimum absolute atomic E-state index is 0.518. The number of aromatic nitrogens is 1. The molecule has 2 aromatic carbocycles.